The second-order valence-corrected chi connectivity index (χ2v) is 3.83. The van der Waals surface area contributed by atoms with Crippen LogP contribution in [0.25, 0.3) is 0 Å². The Kier molecular flexibility index (Phi) is 7.45. The Labute approximate surface area is 101 Å². The van der Waals surface area contributed by atoms with E-state index in [-0.39, 0.29) is 29.8 Å². The molecule has 6 heteroatoms. The molecule has 1 amide bonds. The maximum Gasteiger partial charge on any atom is 0.307 e. The summed E-state index contributed by atoms with van der Waals surface area (Å²) in [7, 11) is 1.30. The van der Waals surface area contributed by atoms with Crippen molar-refractivity contribution in [2.24, 2.45) is 11.7 Å². The van der Waals surface area contributed by atoms with Gasteiger partial charge in [0.15, 0.2) is 0 Å². The molecule has 0 radical (unpaired) electrons. The van der Waals surface area contributed by atoms with Crippen LogP contribution in [0, 0.1) is 5.92 Å². The van der Waals surface area contributed by atoms with Crippen molar-refractivity contribution < 1.29 is 14.3 Å². The molecule has 1 unspecified atom stereocenters. The summed E-state index contributed by atoms with van der Waals surface area (Å²) in [5.74, 6) is -1.03. The summed E-state index contributed by atoms with van der Waals surface area (Å²) in [5.41, 5.74) is 5.46. The van der Waals surface area contributed by atoms with Gasteiger partial charge in [-0.15, -0.1) is 0 Å². The second kappa shape index (κ2) is 8.04. The number of carbonyl (C=O) groups is 2. The van der Waals surface area contributed by atoms with Crippen molar-refractivity contribution in [3.63, 3.8) is 0 Å². The Bertz CT molecular complexity index is 269. The van der Waals surface area contributed by atoms with E-state index in [2.05, 4.69) is 10.1 Å². The largest absolute Gasteiger partial charge is 0.469 e. The van der Waals surface area contributed by atoms with Crippen LogP contribution >= 0.6 is 12.2 Å². The van der Waals surface area contributed by atoms with E-state index in [0.29, 0.717) is 6.42 Å². The van der Waals surface area contributed by atoms with E-state index >= 15 is 0 Å². The third-order valence-corrected chi connectivity index (χ3v) is 2.38. The predicted molar refractivity (Wildman–Crippen MR) is 64.8 cm³/mol. The number of hydrogen-bond donors (Lipinski definition) is 2. The van der Waals surface area contributed by atoms with Crippen LogP contribution in [0.5, 0.6) is 0 Å². The highest BCUT2D eigenvalue weighted by Gasteiger charge is 2.19. The summed E-state index contributed by atoms with van der Waals surface area (Å²) >= 11 is 4.81. The maximum atomic E-state index is 11.6. The fourth-order valence-electron chi connectivity index (χ4n) is 1.20. The minimum absolute atomic E-state index is 0.151. The molecule has 0 heterocycles. The number of nitrogens with two attached hydrogens (primary N) is 1. The first-order chi connectivity index (χ1) is 7.52. The molecule has 0 aliphatic heterocycles. The van der Waals surface area contributed by atoms with Crippen molar-refractivity contribution in [2.75, 3.05) is 13.7 Å². The number of esters is 1. The van der Waals surface area contributed by atoms with Gasteiger partial charge in [0.1, 0.15) is 0 Å². The van der Waals surface area contributed by atoms with Gasteiger partial charge in [-0.05, 0) is 6.42 Å². The van der Waals surface area contributed by atoms with Crippen LogP contribution in [0.4, 0.5) is 0 Å². The van der Waals surface area contributed by atoms with Crippen molar-refractivity contribution in [3.8, 4) is 0 Å². The van der Waals surface area contributed by atoms with Crippen LogP contribution in [-0.2, 0) is 14.3 Å². The Morgan fingerprint density at radius 3 is 2.56 bits per heavy atom. The Morgan fingerprint density at radius 2 is 2.12 bits per heavy atom. The summed E-state index contributed by atoms with van der Waals surface area (Å²) < 4.78 is 4.45. The highest BCUT2D eigenvalue weighted by atomic mass is 32.1. The SMILES string of the molecule is CCCC(C(=O)NCCC(=O)OC)C(N)=S. The van der Waals surface area contributed by atoms with Gasteiger partial charge in [0, 0.05) is 6.54 Å². The average molecular weight is 246 g/mol. The van der Waals surface area contributed by atoms with Gasteiger partial charge in [0.05, 0.1) is 24.4 Å². The highest BCUT2D eigenvalue weighted by Crippen LogP contribution is 2.06. The van der Waals surface area contributed by atoms with Crippen LogP contribution in [-0.4, -0.2) is 30.5 Å². The lowest BCUT2D eigenvalue weighted by Gasteiger charge is -2.14. The van der Waals surface area contributed by atoms with Crippen LogP contribution < -0.4 is 11.1 Å². The molecule has 0 aromatic heterocycles. The van der Waals surface area contributed by atoms with Crippen LogP contribution in [0.1, 0.15) is 26.2 Å². The minimum atomic E-state index is -0.447. The van der Waals surface area contributed by atoms with Gasteiger partial charge in [-0.1, -0.05) is 25.6 Å². The lowest BCUT2D eigenvalue weighted by Crippen LogP contribution is -2.38. The molecule has 0 aliphatic carbocycles. The van der Waals surface area contributed by atoms with Crippen molar-refractivity contribution in [1.82, 2.24) is 5.32 Å². The smallest absolute Gasteiger partial charge is 0.307 e. The Morgan fingerprint density at radius 1 is 1.50 bits per heavy atom. The van der Waals surface area contributed by atoms with Gasteiger partial charge < -0.3 is 15.8 Å². The fraction of sp³-hybridized carbons (Fsp3) is 0.700. The third-order valence-electron chi connectivity index (χ3n) is 2.09. The molecule has 16 heavy (non-hydrogen) atoms. The number of carbonyl (C=O) groups excluding carboxylic acids is 2. The monoisotopic (exact) mass is 246 g/mol. The molecule has 1 atom stereocenters. The minimum Gasteiger partial charge on any atom is -0.469 e. The molecule has 3 N–H and O–H groups in total. The molecule has 0 rings (SSSR count). The van der Waals surface area contributed by atoms with E-state index in [1.807, 2.05) is 6.92 Å². The first-order valence-corrected chi connectivity index (χ1v) is 5.57. The van der Waals surface area contributed by atoms with Gasteiger partial charge in [-0.2, -0.15) is 0 Å². The normalized spacial score (nSPS) is 11.6. The molecule has 0 spiro atoms. The summed E-state index contributed by atoms with van der Waals surface area (Å²) in [5, 5.41) is 2.61. The number of amides is 1. The second-order valence-electron chi connectivity index (χ2n) is 3.36. The summed E-state index contributed by atoms with van der Waals surface area (Å²) in [6.07, 6.45) is 1.60. The molecule has 0 aliphatic rings. The van der Waals surface area contributed by atoms with Crippen LogP contribution in [0.15, 0.2) is 0 Å². The van der Waals surface area contributed by atoms with Crippen molar-refractivity contribution in [2.45, 2.75) is 26.2 Å². The standard InChI is InChI=1S/C10H18N2O3S/c1-3-4-7(9(11)16)10(14)12-6-5-8(13)15-2/h7H,3-6H2,1-2H3,(H2,11,16)(H,12,14). The molecule has 0 saturated heterocycles. The highest BCUT2D eigenvalue weighted by molar-refractivity contribution is 7.80. The van der Waals surface area contributed by atoms with E-state index in [4.69, 9.17) is 18.0 Å². The zero-order valence-electron chi connectivity index (χ0n) is 9.62. The van der Waals surface area contributed by atoms with Crippen LogP contribution in [0.3, 0.4) is 0 Å². The molecule has 0 aromatic carbocycles. The number of hydrogen-bond acceptors (Lipinski definition) is 4. The van der Waals surface area contributed by atoms with E-state index in [9.17, 15) is 9.59 Å². The lowest BCUT2D eigenvalue weighted by molar-refractivity contribution is -0.140. The lowest BCUT2D eigenvalue weighted by atomic mass is 10.0. The third kappa shape index (κ3) is 5.65. The Balaban J connectivity index is 4.01. The molecule has 92 valence electrons. The zero-order valence-corrected chi connectivity index (χ0v) is 10.4. The average Bonchev–Trinajstić information content (AvgIpc) is 2.24. The zero-order chi connectivity index (χ0) is 12.6. The molecule has 5 nitrogen and oxygen atoms in total. The number of methoxy groups -OCH3 is 1. The molecule has 0 bridgehead atoms. The molecular formula is C10H18N2O3S. The van der Waals surface area contributed by atoms with E-state index < -0.39 is 5.92 Å². The van der Waals surface area contributed by atoms with Gasteiger partial charge in [0.25, 0.3) is 0 Å². The van der Waals surface area contributed by atoms with Gasteiger partial charge in [-0.3, -0.25) is 9.59 Å². The van der Waals surface area contributed by atoms with Crippen molar-refractivity contribution in [1.29, 1.82) is 0 Å². The number of thiocarbonyl (C=S) groups is 1. The number of ether oxygens (including phenoxy) is 1. The van der Waals surface area contributed by atoms with Gasteiger partial charge >= 0.3 is 5.97 Å². The van der Waals surface area contributed by atoms with E-state index in [1.54, 1.807) is 0 Å². The van der Waals surface area contributed by atoms with Crippen molar-refractivity contribution in [3.05, 3.63) is 0 Å². The fourth-order valence-corrected chi connectivity index (χ4v) is 1.43. The quantitative estimate of drug-likeness (QED) is 0.501. The van der Waals surface area contributed by atoms with Crippen LogP contribution in [0.2, 0.25) is 0 Å². The van der Waals surface area contributed by atoms with E-state index in [1.165, 1.54) is 7.11 Å². The van der Waals surface area contributed by atoms with Gasteiger partial charge in [0.2, 0.25) is 5.91 Å². The summed E-state index contributed by atoms with van der Waals surface area (Å²) in [4.78, 5) is 22.6. The molecule has 0 fully saturated rings. The first kappa shape index (κ1) is 14.8. The topological polar surface area (TPSA) is 81.4 Å². The maximum absolute atomic E-state index is 11.6. The van der Waals surface area contributed by atoms with Crippen molar-refractivity contribution >= 4 is 29.1 Å². The van der Waals surface area contributed by atoms with Gasteiger partial charge in [-0.25, -0.2) is 0 Å². The first-order valence-electron chi connectivity index (χ1n) is 5.16. The number of rotatable bonds is 7. The molecular weight excluding hydrogens is 228 g/mol. The molecule has 0 aromatic rings. The number of nitrogens with one attached hydrogen (secondary N) is 1. The van der Waals surface area contributed by atoms with E-state index in [0.717, 1.165) is 6.42 Å². The molecule has 0 saturated carbocycles. The summed E-state index contributed by atoms with van der Waals surface area (Å²) in [6, 6.07) is 0. The predicted octanol–water partition coefficient (Wildman–Crippen LogP) is 0.368. The summed E-state index contributed by atoms with van der Waals surface area (Å²) in [6.45, 7) is 2.20. The Hall–Kier alpha value is -1.17.